The molecule has 2 rings (SSSR count). The van der Waals surface area contributed by atoms with Crippen molar-refractivity contribution in [3.8, 4) is 0 Å². The van der Waals surface area contributed by atoms with Gasteiger partial charge in [0.25, 0.3) is 10.2 Å². The Labute approximate surface area is 109 Å². The highest BCUT2D eigenvalue weighted by Gasteiger charge is 2.38. The average molecular weight is 277 g/mol. The molecule has 0 aromatic carbocycles. The number of nitrogens with zero attached hydrogens (tertiary/aromatic N) is 2. The van der Waals surface area contributed by atoms with Gasteiger partial charge in [0.05, 0.1) is 12.2 Å². The molecule has 106 valence electrons. The molecule has 2 saturated heterocycles. The monoisotopic (exact) mass is 277 g/mol. The van der Waals surface area contributed by atoms with Gasteiger partial charge in [0, 0.05) is 32.2 Å². The number of nitrogens with one attached hydrogen (secondary N) is 1. The lowest BCUT2D eigenvalue weighted by Crippen LogP contribution is -2.52. The number of ether oxygens (including phenoxy) is 1. The summed E-state index contributed by atoms with van der Waals surface area (Å²) in [6.45, 7) is 5.91. The van der Waals surface area contributed by atoms with Gasteiger partial charge in [-0.15, -0.1) is 0 Å². The van der Waals surface area contributed by atoms with E-state index in [1.807, 2.05) is 20.9 Å². The van der Waals surface area contributed by atoms with E-state index in [2.05, 4.69) is 5.32 Å². The Morgan fingerprint density at radius 2 is 1.72 bits per heavy atom. The van der Waals surface area contributed by atoms with E-state index in [1.165, 1.54) is 0 Å². The standard InChI is InChI=1S/C11H23N3O3S/c1-9-6-14(7-10(2)17-9)18(15,16)13-5-4-11(8-13)12-3/h9-12H,4-8H2,1-3H3. The van der Waals surface area contributed by atoms with E-state index in [4.69, 9.17) is 4.74 Å². The lowest BCUT2D eigenvalue weighted by Gasteiger charge is -2.36. The minimum atomic E-state index is -3.32. The van der Waals surface area contributed by atoms with Crippen LogP contribution in [0.25, 0.3) is 0 Å². The van der Waals surface area contributed by atoms with Gasteiger partial charge in [0.15, 0.2) is 0 Å². The summed E-state index contributed by atoms with van der Waals surface area (Å²) in [4.78, 5) is 0. The molecule has 0 saturated carbocycles. The summed E-state index contributed by atoms with van der Waals surface area (Å²) in [5.41, 5.74) is 0. The lowest BCUT2D eigenvalue weighted by molar-refractivity contribution is -0.0453. The van der Waals surface area contributed by atoms with Gasteiger partial charge in [-0.3, -0.25) is 0 Å². The lowest BCUT2D eigenvalue weighted by atomic mass is 10.3. The predicted molar refractivity (Wildman–Crippen MR) is 69.5 cm³/mol. The van der Waals surface area contributed by atoms with Gasteiger partial charge < -0.3 is 10.1 Å². The maximum absolute atomic E-state index is 12.5. The highest BCUT2D eigenvalue weighted by Crippen LogP contribution is 2.21. The van der Waals surface area contributed by atoms with Crippen LogP contribution in [0.2, 0.25) is 0 Å². The molecule has 2 heterocycles. The Hall–Kier alpha value is -0.210. The first kappa shape index (κ1) is 14.2. The second-order valence-corrected chi connectivity index (χ2v) is 7.14. The summed E-state index contributed by atoms with van der Waals surface area (Å²) in [6.07, 6.45) is 0.808. The zero-order valence-electron chi connectivity index (χ0n) is 11.3. The molecule has 7 heteroatoms. The van der Waals surface area contributed by atoms with Crippen molar-refractivity contribution >= 4 is 10.2 Å². The summed E-state index contributed by atoms with van der Waals surface area (Å²) in [5.74, 6) is 0. The van der Waals surface area contributed by atoms with E-state index < -0.39 is 10.2 Å². The summed E-state index contributed by atoms with van der Waals surface area (Å²) < 4.78 is 33.7. The van der Waals surface area contributed by atoms with Crippen molar-refractivity contribution in [2.24, 2.45) is 0 Å². The van der Waals surface area contributed by atoms with Crippen LogP contribution in [0.1, 0.15) is 20.3 Å². The summed E-state index contributed by atoms with van der Waals surface area (Å²) in [6, 6.07) is 0.274. The third-order valence-corrected chi connectivity index (χ3v) is 5.53. The molecule has 2 aliphatic rings. The third kappa shape index (κ3) is 2.85. The molecule has 3 atom stereocenters. The van der Waals surface area contributed by atoms with E-state index in [1.54, 1.807) is 8.61 Å². The van der Waals surface area contributed by atoms with Gasteiger partial charge >= 0.3 is 0 Å². The second-order valence-electron chi connectivity index (χ2n) is 5.21. The Bertz CT molecular complexity index is 377. The molecule has 0 aliphatic carbocycles. The van der Waals surface area contributed by atoms with E-state index in [0.29, 0.717) is 26.2 Å². The van der Waals surface area contributed by atoms with Crippen LogP contribution in [0.5, 0.6) is 0 Å². The maximum Gasteiger partial charge on any atom is 0.282 e. The number of hydrogen-bond acceptors (Lipinski definition) is 4. The van der Waals surface area contributed by atoms with Gasteiger partial charge in [0.2, 0.25) is 0 Å². The molecule has 2 aliphatic heterocycles. The van der Waals surface area contributed by atoms with Gasteiger partial charge in [-0.05, 0) is 27.3 Å². The van der Waals surface area contributed by atoms with E-state index in [-0.39, 0.29) is 18.2 Å². The molecule has 0 spiro atoms. The Morgan fingerprint density at radius 1 is 1.11 bits per heavy atom. The number of morpholine rings is 1. The highest BCUT2D eigenvalue weighted by atomic mass is 32.2. The van der Waals surface area contributed by atoms with E-state index in [9.17, 15) is 8.42 Å². The van der Waals surface area contributed by atoms with E-state index >= 15 is 0 Å². The molecule has 0 amide bonds. The van der Waals surface area contributed by atoms with Gasteiger partial charge in [-0.25, -0.2) is 0 Å². The van der Waals surface area contributed by atoms with Gasteiger partial charge in [-0.2, -0.15) is 17.0 Å². The van der Waals surface area contributed by atoms with Crippen LogP contribution in [0.4, 0.5) is 0 Å². The van der Waals surface area contributed by atoms with Crippen LogP contribution >= 0.6 is 0 Å². The zero-order chi connectivity index (χ0) is 13.3. The van der Waals surface area contributed by atoms with Crippen molar-refractivity contribution in [3.63, 3.8) is 0 Å². The van der Waals surface area contributed by atoms with Crippen molar-refractivity contribution < 1.29 is 13.2 Å². The van der Waals surface area contributed by atoms with E-state index in [0.717, 1.165) is 6.42 Å². The molecule has 1 N–H and O–H groups in total. The molecule has 0 radical (unpaired) electrons. The molecule has 0 aromatic heterocycles. The zero-order valence-corrected chi connectivity index (χ0v) is 12.1. The normalized spacial score (nSPS) is 36.1. The van der Waals surface area contributed by atoms with Crippen LogP contribution in [0.15, 0.2) is 0 Å². The van der Waals surface area contributed by atoms with Crippen molar-refractivity contribution in [1.29, 1.82) is 0 Å². The third-order valence-electron chi connectivity index (χ3n) is 3.60. The highest BCUT2D eigenvalue weighted by molar-refractivity contribution is 7.86. The molecular weight excluding hydrogens is 254 g/mol. The summed E-state index contributed by atoms with van der Waals surface area (Å²) in [5, 5.41) is 3.14. The molecule has 0 bridgehead atoms. The average Bonchev–Trinajstić information content (AvgIpc) is 2.76. The first-order chi connectivity index (χ1) is 8.43. The first-order valence-corrected chi connectivity index (χ1v) is 7.91. The van der Waals surface area contributed by atoms with Crippen LogP contribution < -0.4 is 5.32 Å². The molecule has 3 unspecified atom stereocenters. The second kappa shape index (κ2) is 5.42. The first-order valence-electron chi connectivity index (χ1n) is 6.51. The number of hydrogen-bond donors (Lipinski definition) is 1. The fourth-order valence-electron chi connectivity index (χ4n) is 2.66. The minimum Gasteiger partial charge on any atom is -0.373 e. The maximum atomic E-state index is 12.5. The largest absolute Gasteiger partial charge is 0.373 e. The van der Waals surface area contributed by atoms with Crippen LogP contribution in [0.3, 0.4) is 0 Å². The van der Waals surface area contributed by atoms with Crippen LogP contribution in [0, 0.1) is 0 Å². The van der Waals surface area contributed by atoms with Crippen molar-refractivity contribution in [2.75, 3.05) is 33.2 Å². The summed E-state index contributed by atoms with van der Waals surface area (Å²) in [7, 11) is -1.45. The van der Waals surface area contributed by atoms with Crippen molar-refractivity contribution in [3.05, 3.63) is 0 Å². The molecule has 18 heavy (non-hydrogen) atoms. The molecule has 0 aromatic rings. The minimum absolute atomic E-state index is 0.0359. The van der Waals surface area contributed by atoms with Gasteiger partial charge in [-0.1, -0.05) is 0 Å². The topological polar surface area (TPSA) is 61.9 Å². The fourth-order valence-corrected chi connectivity index (χ4v) is 4.48. The van der Waals surface area contributed by atoms with Crippen molar-refractivity contribution in [1.82, 2.24) is 13.9 Å². The Morgan fingerprint density at radius 3 is 2.22 bits per heavy atom. The number of likely N-dealkylation sites (N-methyl/N-ethyl adjacent to an activating group) is 1. The predicted octanol–water partition coefficient (Wildman–Crippen LogP) is -0.366. The molecular formula is C11H23N3O3S. The van der Waals surface area contributed by atoms with Crippen LogP contribution in [-0.4, -0.2) is 68.5 Å². The smallest absolute Gasteiger partial charge is 0.282 e. The quantitative estimate of drug-likeness (QED) is 0.765. The van der Waals surface area contributed by atoms with Crippen LogP contribution in [-0.2, 0) is 14.9 Å². The Balaban J connectivity index is 2.06. The Kier molecular flexibility index (Phi) is 4.28. The van der Waals surface area contributed by atoms with Gasteiger partial charge in [0.1, 0.15) is 0 Å². The van der Waals surface area contributed by atoms with Crippen molar-refractivity contribution in [2.45, 2.75) is 38.5 Å². The molecule has 6 nitrogen and oxygen atoms in total. The summed E-state index contributed by atoms with van der Waals surface area (Å²) >= 11 is 0. The number of rotatable bonds is 3. The fraction of sp³-hybridized carbons (Fsp3) is 1.00. The SMILES string of the molecule is CNC1CCN(S(=O)(=O)N2CC(C)OC(C)C2)C1. The molecule has 2 fully saturated rings.